The van der Waals surface area contributed by atoms with Crippen LogP contribution in [0.15, 0.2) is 24.3 Å². The number of ether oxygens (including phenoxy) is 1. The molecule has 94 valence electrons. The summed E-state index contributed by atoms with van der Waals surface area (Å²) in [5.74, 6) is 0.350. The quantitative estimate of drug-likeness (QED) is 0.737. The predicted octanol–water partition coefficient (Wildman–Crippen LogP) is 2.39. The zero-order valence-electron chi connectivity index (χ0n) is 10.4. The lowest BCUT2D eigenvalue weighted by molar-refractivity contribution is 0.107. The maximum Gasteiger partial charge on any atom is 0.115 e. The van der Waals surface area contributed by atoms with Crippen LogP contribution in [0.3, 0.4) is 0 Å². The topological polar surface area (TPSA) is 32.7 Å². The maximum atomic E-state index is 9.45. The number of nitrogens with zero attached hydrogens (tertiary/aromatic N) is 1. The molecule has 1 aliphatic carbocycles. The van der Waals surface area contributed by atoms with Gasteiger partial charge < -0.3 is 9.84 Å². The van der Waals surface area contributed by atoms with Crippen LogP contribution in [-0.2, 0) is 11.3 Å². The third-order valence-electron chi connectivity index (χ3n) is 3.09. The molecule has 0 aromatic heterocycles. The molecule has 0 heterocycles. The van der Waals surface area contributed by atoms with Gasteiger partial charge in [-0.2, -0.15) is 0 Å². The van der Waals surface area contributed by atoms with E-state index in [1.54, 1.807) is 6.07 Å². The van der Waals surface area contributed by atoms with E-state index in [2.05, 4.69) is 11.0 Å². The second-order valence-corrected chi connectivity index (χ2v) is 4.57. The van der Waals surface area contributed by atoms with Crippen molar-refractivity contribution in [3.05, 3.63) is 29.8 Å². The number of benzene rings is 1. The van der Waals surface area contributed by atoms with E-state index < -0.39 is 0 Å². The van der Waals surface area contributed by atoms with Crippen molar-refractivity contribution >= 4 is 0 Å². The molecule has 0 saturated heterocycles. The van der Waals surface area contributed by atoms with Crippen molar-refractivity contribution in [1.29, 1.82) is 0 Å². The van der Waals surface area contributed by atoms with E-state index in [9.17, 15) is 5.11 Å². The largest absolute Gasteiger partial charge is 0.508 e. The maximum absolute atomic E-state index is 9.45. The van der Waals surface area contributed by atoms with Gasteiger partial charge in [0.1, 0.15) is 5.75 Å². The molecular weight excluding hydrogens is 214 g/mol. The van der Waals surface area contributed by atoms with Crippen molar-refractivity contribution in [1.82, 2.24) is 4.90 Å². The number of rotatable bonds is 7. The Balaban J connectivity index is 1.88. The van der Waals surface area contributed by atoms with E-state index in [1.807, 2.05) is 19.1 Å². The van der Waals surface area contributed by atoms with Gasteiger partial charge in [-0.05, 0) is 37.5 Å². The highest BCUT2D eigenvalue weighted by Gasteiger charge is 2.28. The highest BCUT2D eigenvalue weighted by molar-refractivity contribution is 5.27. The van der Waals surface area contributed by atoms with Gasteiger partial charge in [-0.3, -0.25) is 4.90 Å². The van der Waals surface area contributed by atoms with Gasteiger partial charge in [-0.15, -0.1) is 0 Å². The molecule has 1 saturated carbocycles. The molecule has 0 spiro atoms. The van der Waals surface area contributed by atoms with Crippen LogP contribution in [0, 0.1) is 0 Å². The van der Waals surface area contributed by atoms with Gasteiger partial charge in [0, 0.05) is 25.7 Å². The Morgan fingerprint density at radius 2 is 2.24 bits per heavy atom. The van der Waals surface area contributed by atoms with Crippen LogP contribution in [0.5, 0.6) is 5.75 Å². The van der Waals surface area contributed by atoms with Crippen molar-refractivity contribution in [3.8, 4) is 5.75 Å². The lowest BCUT2D eigenvalue weighted by Crippen LogP contribution is -2.29. The highest BCUT2D eigenvalue weighted by Crippen LogP contribution is 2.28. The summed E-state index contributed by atoms with van der Waals surface area (Å²) in [7, 11) is 0. The molecule has 3 heteroatoms. The van der Waals surface area contributed by atoms with E-state index in [1.165, 1.54) is 18.4 Å². The summed E-state index contributed by atoms with van der Waals surface area (Å²) in [5.41, 5.74) is 1.17. The average molecular weight is 235 g/mol. The van der Waals surface area contributed by atoms with Gasteiger partial charge in [-0.1, -0.05) is 12.1 Å². The Hall–Kier alpha value is -1.06. The van der Waals surface area contributed by atoms with Gasteiger partial charge in [0.05, 0.1) is 6.61 Å². The first-order valence-electron chi connectivity index (χ1n) is 6.39. The molecule has 2 rings (SSSR count). The number of aromatic hydroxyl groups is 1. The lowest BCUT2D eigenvalue weighted by atomic mass is 10.2. The minimum absolute atomic E-state index is 0.350. The first-order valence-corrected chi connectivity index (χ1v) is 6.39. The van der Waals surface area contributed by atoms with Crippen molar-refractivity contribution in [3.63, 3.8) is 0 Å². The van der Waals surface area contributed by atoms with E-state index in [4.69, 9.17) is 4.74 Å². The summed E-state index contributed by atoms with van der Waals surface area (Å²) in [5, 5.41) is 9.45. The first-order chi connectivity index (χ1) is 8.29. The predicted molar refractivity (Wildman–Crippen MR) is 68.0 cm³/mol. The lowest BCUT2D eigenvalue weighted by Gasteiger charge is -2.21. The van der Waals surface area contributed by atoms with Gasteiger partial charge in [-0.25, -0.2) is 0 Å². The Bertz CT molecular complexity index is 350. The van der Waals surface area contributed by atoms with Crippen molar-refractivity contribution in [2.24, 2.45) is 0 Å². The summed E-state index contributed by atoms with van der Waals surface area (Å²) in [6.07, 6.45) is 2.59. The second-order valence-electron chi connectivity index (χ2n) is 4.57. The number of phenols is 1. The van der Waals surface area contributed by atoms with Crippen molar-refractivity contribution in [2.45, 2.75) is 32.4 Å². The normalized spacial score (nSPS) is 15.4. The zero-order valence-corrected chi connectivity index (χ0v) is 10.4. The Morgan fingerprint density at radius 1 is 1.41 bits per heavy atom. The van der Waals surface area contributed by atoms with Crippen LogP contribution >= 0.6 is 0 Å². The molecule has 0 aliphatic heterocycles. The molecule has 0 radical (unpaired) electrons. The van der Waals surface area contributed by atoms with E-state index in [0.29, 0.717) is 5.75 Å². The molecule has 1 aromatic carbocycles. The summed E-state index contributed by atoms with van der Waals surface area (Å²) < 4.78 is 5.41. The molecule has 17 heavy (non-hydrogen) atoms. The summed E-state index contributed by atoms with van der Waals surface area (Å²) >= 11 is 0. The van der Waals surface area contributed by atoms with Gasteiger partial charge >= 0.3 is 0 Å². The molecule has 1 fully saturated rings. The summed E-state index contributed by atoms with van der Waals surface area (Å²) in [6.45, 7) is 5.49. The Kier molecular flexibility index (Phi) is 4.40. The molecule has 1 N–H and O–H groups in total. The van der Waals surface area contributed by atoms with Crippen LogP contribution in [0.1, 0.15) is 25.3 Å². The average Bonchev–Trinajstić information content (AvgIpc) is 3.12. The third kappa shape index (κ3) is 4.02. The Labute approximate surface area is 103 Å². The van der Waals surface area contributed by atoms with Crippen LogP contribution in [0.25, 0.3) is 0 Å². The monoisotopic (exact) mass is 235 g/mol. The molecule has 3 nitrogen and oxygen atoms in total. The minimum Gasteiger partial charge on any atom is -0.508 e. The molecule has 1 aliphatic rings. The highest BCUT2D eigenvalue weighted by atomic mass is 16.5. The third-order valence-corrected chi connectivity index (χ3v) is 3.09. The molecule has 0 amide bonds. The fourth-order valence-electron chi connectivity index (χ4n) is 2.05. The molecule has 0 unspecified atom stereocenters. The van der Waals surface area contributed by atoms with E-state index >= 15 is 0 Å². The Morgan fingerprint density at radius 3 is 2.88 bits per heavy atom. The number of hydrogen-bond acceptors (Lipinski definition) is 3. The molecule has 1 aromatic rings. The van der Waals surface area contributed by atoms with E-state index in [-0.39, 0.29) is 0 Å². The SMILES string of the molecule is CCOCCN(Cc1cccc(O)c1)C1CC1. The van der Waals surface area contributed by atoms with Crippen molar-refractivity contribution < 1.29 is 9.84 Å². The molecule has 0 atom stereocenters. The van der Waals surface area contributed by atoms with Gasteiger partial charge in [0.2, 0.25) is 0 Å². The fraction of sp³-hybridized carbons (Fsp3) is 0.571. The van der Waals surface area contributed by atoms with E-state index in [0.717, 1.165) is 32.3 Å². The smallest absolute Gasteiger partial charge is 0.115 e. The second kappa shape index (κ2) is 6.03. The van der Waals surface area contributed by atoms with Crippen LogP contribution in [-0.4, -0.2) is 35.8 Å². The number of phenolic OH excluding ortho intramolecular Hbond substituents is 1. The van der Waals surface area contributed by atoms with Crippen molar-refractivity contribution in [2.75, 3.05) is 19.8 Å². The zero-order chi connectivity index (χ0) is 12.1. The van der Waals surface area contributed by atoms with Crippen LogP contribution in [0.2, 0.25) is 0 Å². The molecular formula is C14H21NO2. The van der Waals surface area contributed by atoms with Crippen LogP contribution < -0.4 is 0 Å². The molecule has 0 bridgehead atoms. The number of hydrogen-bond donors (Lipinski definition) is 1. The standard InChI is InChI=1S/C14H21NO2/c1-2-17-9-8-15(13-6-7-13)11-12-4-3-5-14(16)10-12/h3-5,10,13,16H,2,6-9,11H2,1H3. The first kappa shape index (κ1) is 12.4. The van der Waals surface area contributed by atoms with Gasteiger partial charge in [0.15, 0.2) is 0 Å². The minimum atomic E-state index is 0.350. The summed E-state index contributed by atoms with van der Waals surface area (Å²) in [4.78, 5) is 2.45. The fourth-order valence-corrected chi connectivity index (χ4v) is 2.05. The summed E-state index contributed by atoms with van der Waals surface area (Å²) in [6, 6.07) is 8.24. The van der Waals surface area contributed by atoms with Crippen LogP contribution in [0.4, 0.5) is 0 Å². The van der Waals surface area contributed by atoms with Gasteiger partial charge in [0.25, 0.3) is 0 Å².